The number of aromatic hydroxyl groups is 1. The molecule has 1 aliphatic rings. The molecular formula is C17H19FN4OS. The number of hydrogen-bond donors (Lipinski definition) is 1. The van der Waals surface area contributed by atoms with E-state index in [1.165, 1.54) is 34.4 Å². The van der Waals surface area contributed by atoms with Crippen LogP contribution in [-0.4, -0.2) is 37.7 Å². The number of hydrogen-bond acceptors (Lipinski definition) is 5. The third kappa shape index (κ3) is 2.67. The highest BCUT2D eigenvalue weighted by atomic mass is 32.1. The van der Waals surface area contributed by atoms with Gasteiger partial charge >= 0.3 is 0 Å². The Hall–Kier alpha value is -1.99. The van der Waals surface area contributed by atoms with E-state index in [0.717, 1.165) is 36.4 Å². The first-order valence-electron chi connectivity index (χ1n) is 8.18. The average Bonchev–Trinajstić information content (AvgIpc) is 3.09. The standard InChI is InChI=1S/C17H19FN4OS/c1-11-19-17-22(20-11)16(23)15(24-17)14(21-9-3-2-4-10-21)12-5-7-13(18)8-6-12/h5-8,14,23H,2-4,9-10H2,1H3. The zero-order valence-electron chi connectivity index (χ0n) is 13.4. The fourth-order valence-corrected chi connectivity index (χ4v) is 4.54. The summed E-state index contributed by atoms with van der Waals surface area (Å²) in [4.78, 5) is 8.22. The molecule has 7 heteroatoms. The minimum Gasteiger partial charge on any atom is -0.492 e. The predicted molar refractivity (Wildman–Crippen MR) is 90.9 cm³/mol. The van der Waals surface area contributed by atoms with Gasteiger partial charge in [-0.05, 0) is 50.6 Å². The van der Waals surface area contributed by atoms with Crippen LogP contribution in [0.2, 0.25) is 0 Å². The molecule has 0 bridgehead atoms. The van der Waals surface area contributed by atoms with Crippen molar-refractivity contribution in [3.63, 3.8) is 0 Å². The Balaban J connectivity index is 1.82. The summed E-state index contributed by atoms with van der Waals surface area (Å²) in [5.74, 6) is 0.522. The molecule has 0 radical (unpaired) electrons. The van der Waals surface area contributed by atoms with Gasteiger partial charge in [0.15, 0.2) is 0 Å². The number of rotatable bonds is 3. The van der Waals surface area contributed by atoms with Crippen molar-refractivity contribution in [3.05, 3.63) is 46.3 Å². The molecule has 3 aromatic rings. The lowest BCUT2D eigenvalue weighted by Gasteiger charge is -2.34. The van der Waals surface area contributed by atoms with Crippen molar-refractivity contribution in [1.29, 1.82) is 0 Å². The second-order valence-electron chi connectivity index (χ2n) is 6.19. The van der Waals surface area contributed by atoms with Crippen molar-refractivity contribution >= 4 is 16.3 Å². The SMILES string of the molecule is Cc1nc2sc(C(c3ccc(F)cc3)N3CCCCC3)c(O)n2n1. The molecule has 1 fully saturated rings. The average molecular weight is 346 g/mol. The van der Waals surface area contributed by atoms with E-state index in [9.17, 15) is 9.50 Å². The molecule has 2 aromatic heterocycles. The molecule has 0 spiro atoms. The number of aryl methyl sites for hydroxylation is 1. The quantitative estimate of drug-likeness (QED) is 0.788. The van der Waals surface area contributed by atoms with E-state index in [0.29, 0.717) is 10.8 Å². The van der Waals surface area contributed by atoms with Crippen LogP contribution in [0.3, 0.4) is 0 Å². The van der Waals surface area contributed by atoms with E-state index < -0.39 is 0 Å². The summed E-state index contributed by atoms with van der Waals surface area (Å²) < 4.78 is 14.8. The van der Waals surface area contributed by atoms with Gasteiger partial charge in [-0.25, -0.2) is 9.37 Å². The molecule has 3 heterocycles. The largest absolute Gasteiger partial charge is 0.492 e. The Kier molecular flexibility index (Phi) is 3.97. The van der Waals surface area contributed by atoms with Gasteiger partial charge in [0, 0.05) is 0 Å². The topological polar surface area (TPSA) is 53.7 Å². The zero-order chi connectivity index (χ0) is 16.7. The van der Waals surface area contributed by atoms with Gasteiger partial charge in [0.25, 0.3) is 0 Å². The van der Waals surface area contributed by atoms with Crippen LogP contribution in [0, 0.1) is 12.7 Å². The van der Waals surface area contributed by atoms with Crippen molar-refractivity contribution in [1.82, 2.24) is 19.5 Å². The number of nitrogens with zero attached hydrogens (tertiary/aromatic N) is 4. The monoisotopic (exact) mass is 346 g/mol. The minimum atomic E-state index is -0.251. The minimum absolute atomic E-state index is 0.0975. The summed E-state index contributed by atoms with van der Waals surface area (Å²) >= 11 is 1.45. The molecule has 1 atom stereocenters. The zero-order valence-corrected chi connectivity index (χ0v) is 14.3. The van der Waals surface area contributed by atoms with Crippen LogP contribution in [0.1, 0.15) is 41.6 Å². The van der Waals surface area contributed by atoms with E-state index in [1.54, 1.807) is 19.1 Å². The van der Waals surface area contributed by atoms with Crippen LogP contribution >= 0.6 is 11.3 Å². The van der Waals surface area contributed by atoms with Gasteiger partial charge in [-0.1, -0.05) is 29.9 Å². The van der Waals surface area contributed by atoms with Crippen molar-refractivity contribution in [3.8, 4) is 5.88 Å². The number of halogens is 1. The van der Waals surface area contributed by atoms with Gasteiger partial charge in [-0.3, -0.25) is 4.90 Å². The molecule has 1 saturated heterocycles. The molecule has 0 saturated carbocycles. The van der Waals surface area contributed by atoms with E-state index in [1.807, 2.05) is 0 Å². The molecule has 5 nitrogen and oxygen atoms in total. The second-order valence-corrected chi connectivity index (χ2v) is 7.20. The Morgan fingerprint density at radius 2 is 1.88 bits per heavy atom. The van der Waals surface area contributed by atoms with Crippen molar-refractivity contribution in [2.24, 2.45) is 0 Å². The summed E-state index contributed by atoms with van der Waals surface area (Å²) in [7, 11) is 0. The molecule has 1 unspecified atom stereocenters. The van der Waals surface area contributed by atoms with Gasteiger partial charge in [-0.2, -0.15) is 4.52 Å². The normalized spacial score (nSPS) is 17.4. The van der Waals surface area contributed by atoms with Crippen molar-refractivity contribution in [2.75, 3.05) is 13.1 Å². The van der Waals surface area contributed by atoms with E-state index in [4.69, 9.17) is 0 Å². The molecule has 0 aliphatic carbocycles. The van der Waals surface area contributed by atoms with Crippen molar-refractivity contribution < 1.29 is 9.50 Å². The van der Waals surface area contributed by atoms with Crippen LogP contribution in [0.5, 0.6) is 5.88 Å². The molecule has 126 valence electrons. The lowest BCUT2D eigenvalue weighted by atomic mass is 10.0. The molecule has 4 rings (SSSR count). The fraction of sp³-hybridized carbons (Fsp3) is 0.412. The van der Waals surface area contributed by atoms with E-state index >= 15 is 0 Å². The lowest BCUT2D eigenvalue weighted by molar-refractivity contribution is 0.186. The highest BCUT2D eigenvalue weighted by Gasteiger charge is 2.30. The first-order valence-corrected chi connectivity index (χ1v) is 8.99. The van der Waals surface area contributed by atoms with Gasteiger partial charge < -0.3 is 5.11 Å². The molecular weight excluding hydrogens is 327 g/mol. The summed E-state index contributed by atoms with van der Waals surface area (Å²) in [6.07, 6.45) is 3.50. The number of benzene rings is 1. The maximum absolute atomic E-state index is 13.4. The Morgan fingerprint density at radius 1 is 1.17 bits per heavy atom. The third-order valence-corrected chi connectivity index (χ3v) is 5.57. The highest BCUT2D eigenvalue weighted by Crippen LogP contribution is 2.40. The first kappa shape index (κ1) is 15.5. The van der Waals surface area contributed by atoms with E-state index in [-0.39, 0.29) is 17.7 Å². The summed E-state index contributed by atoms with van der Waals surface area (Å²) in [6, 6.07) is 6.46. The van der Waals surface area contributed by atoms with Crippen LogP contribution in [0.4, 0.5) is 4.39 Å². The molecule has 1 aromatic carbocycles. The first-order chi connectivity index (χ1) is 11.6. The molecule has 1 N–H and O–H groups in total. The molecule has 24 heavy (non-hydrogen) atoms. The Morgan fingerprint density at radius 3 is 2.54 bits per heavy atom. The van der Waals surface area contributed by atoms with Crippen molar-refractivity contribution in [2.45, 2.75) is 32.2 Å². The van der Waals surface area contributed by atoms with Gasteiger partial charge in [0.05, 0.1) is 10.9 Å². The summed E-state index contributed by atoms with van der Waals surface area (Å²) in [6.45, 7) is 3.74. The van der Waals surface area contributed by atoms with Gasteiger partial charge in [-0.15, -0.1) is 5.10 Å². The second kappa shape index (κ2) is 6.14. The van der Waals surface area contributed by atoms with Crippen LogP contribution in [-0.2, 0) is 0 Å². The number of likely N-dealkylation sites (tertiary alicyclic amines) is 1. The van der Waals surface area contributed by atoms with Gasteiger partial charge in [0.1, 0.15) is 11.6 Å². The number of aromatic nitrogens is 3. The third-order valence-electron chi connectivity index (χ3n) is 4.50. The highest BCUT2D eigenvalue weighted by molar-refractivity contribution is 7.17. The maximum Gasteiger partial charge on any atom is 0.230 e. The van der Waals surface area contributed by atoms with Crippen LogP contribution in [0.25, 0.3) is 4.96 Å². The predicted octanol–water partition coefficient (Wildman–Crippen LogP) is 3.52. The summed E-state index contributed by atoms with van der Waals surface area (Å²) in [5, 5.41) is 14.9. The number of thiazole rings is 1. The van der Waals surface area contributed by atoms with E-state index in [2.05, 4.69) is 15.0 Å². The Labute approximate surface area is 143 Å². The number of fused-ring (bicyclic) bond motifs is 1. The number of piperidine rings is 1. The lowest BCUT2D eigenvalue weighted by Crippen LogP contribution is -2.34. The molecule has 0 amide bonds. The van der Waals surface area contributed by atoms with Crippen LogP contribution in [0.15, 0.2) is 24.3 Å². The Bertz CT molecular complexity index is 851. The maximum atomic E-state index is 13.4. The smallest absolute Gasteiger partial charge is 0.230 e. The fourth-order valence-electron chi connectivity index (χ4n) is 3.38. The summed E-state index contributed by atoms with van der Waals surface area (Å²) in [5.41, 5.74) is 0.981. The van der Waals surface area contributed by atoms with Crippen LogP contribution < -0.4 is 0 Å². The molecule has 1 aliphatic heterocycles. The van der Waals surface area contributed by atoms with Gasteiger partial charge in [0.2, 0.25) is 10.8 Å².